The number of hydrogen-bond donors (Lipinski definition) is 2. The Hall–Kier alpha value is -0.610. The van der Waals surface area contributed by atoms with E-state index in [4.69, 9.17) is 0 Å². The Morgan fingerprint density at radius 1 is 1.10 bits per heavy atom. The minimum Gasteiger partial charge on any atom is -0.381 e. The number of halogens is 2. The van der Waals surface area contributed by atoms with Crippen molar-refractivity contribution in [1.82, 2.24) is 5.32 Å². The molecule has 3 rings (SSSR count). The van der Waals surface area contributed by atoms with Crippen LogP contribution in [0.25, 0.3) is 0 Å². The molecule has 1 saturated carbocycles. The van der Waals surface area contributed by atoms with Crippen molar-refractivity contribution >= 4 is 21.6 Å². The van der Waals surface area contributed by atoms with Crippen molar-refractivity contribution in [3.63, 3.8) is 0 Å². The van der Waals surface area contributed by atoms with Gasteiger partial charge in [-0.2, -0.15) is 0 Å². The summed E-state index contributed by atoms with van der Waals surface area (Å²) in [6, 6.07) is 6.06. The molecule has 0 amide bonds. The van der Waals surface area contributed by atoms with E-state index in [1.165, 1.54) is 51.0 Å². The summed E-state index contributed by atoms with van der Waals surface area (Å²) in [5, 5.41) is 7.39. The second-order valence-corrected chi connectivity index (χ2v) is 7.23. The maximum Gasteiger partial charge on any atom is 0.124 e. The first kappa shape index (κ1) is 15.3. The van der Waals surface area contributed by atoms with E-state index in [0.717, 1.165) is 16.7 Å². The van der Waals surface area contributed by atoms with E-state index >= 15 is 0 Å². The fourth-order valence-electron chi connectivity index (χ4n) is 3.87. The predicted octanol–water partition coefficient (Wildman–Crippen LogP) is 4.70. The van der Waals surface area contributed by atoms with Gasteiger partial charge in [-0.3, -0.25) is 0 Å². The second kappa shape index (κ2) is 7.10. The maximum absolute atomic E-state index is 13.2. The Morgan fingerprint density at radius 3 is 2.67 bits per heavy atom. The summed E-state index contributed by atoms with van der Waals surface area (Å²) < 4.78 is 14.0. The van der Waals surface area contributed by atoms with Gasteiger partial charge >= 0.3 is 0 Å². The van der Waals surface area contributed by atoms with Crippen LogP contribution >= 0.6 is 15.9 Å². The molecule has 21 heavy (non-hydrogen) atoms. The molecule has 2 aliphatic rings. The van der Waals surface area contributed by atoms with Crippen molar-refractivity contribution < 1.29 is 4.39 Å². The molecule has 0 spiro atoms. The molecule has 1 aliphatic heterocycles. The van der Waals surface area contributed by atoms with Gasteiger partial charge in [-0.05, 0) is 72.3 Å². The minimum absolute atomic E-state index is 0.193. The Labute approximate surface area is 135 Å². The zero-order valence-electron chi connectivity index (χ0n) is 12.4. The molecule has 0 bridgehead atoms. The number of anilines is 1. The summed E-state index contributed by atoms with van der Waals surface area (Å²) >= 11 is 3.47. The Bertz CT molecular complexity index is 474. The molecule has 0 aromatic heterocycles. The summed E-state index contributed by atoms with van der Waals surface area (Å²) in [7, 11) is 0. The summed E-state index contributed by atoms with van der Waals surface area (Å²) in [5.41, 5.74) is 1.02. The van der Waals surface area contributed by atoms with Gasteiger partial charge in [0, 0.05) is 22.2 Å². The van der Waals surface area contributed by atoms with Gasteiger partial charge in [-0.15, -0.1) is 0 Å². The van der Waals surface area contributed by atoms with Crippen molar-refractivity contribution in [1.29, 1.82) is 0 Å². The van der Waals surface area contributed by atoms with Gasteiger partial charge in [-0.1, -0.05) is 19.3 Å². The number of piperidine rings is 1. The van der Waals surface area contributed by atoms with Gasteiger partial charge in [0.25, 0.3) is 0 Å². The maximum atomic E-state index is 13.2. The summed E-state index contributed by atoms with van der Waals surface area (Å²) in [4.78, 5) is 0. The molecule has 2 fully saturated rings. The van der Waals surface area contributed by atoms with Crippen LogP contribution in [0.2, 0.25) is 0 Å². The Kier molecular flexibility index (Phi) is 5.17. The van der Waals surface area contributed by atoms with Crippen molar-refractivity contribution in [2.75, 3.05) is 11.9 Å². The highest BCUT2D eigenvalue weighted by atomic mass is 79.9. The quantitative estimate of drug-likeness (QED) is 0.821. The van der Waals surface area contributed by atoms with Gasteiger partial charge in [-0.25, -0.2) is 4.39 Å². The van der Waals surface area contributed by atoms with E-state index in [0.29, 0.717) is 18.0 Å². The number of nitrogens with one attached hydrogen (secondary N) is 2. The first-order valence-corrected chi connectivity index (χ1v) is 8.98. The van der Waals surface area contributed by atoms with Gasteiger partial charge in [0.15, 0.2) is 0 Å². The molecule has 3 atom stereocenters. The monoisotopic (exact) mass is 354 g/mol. The van der Waals surface area contributed by atoms with Crippen molar-refractivity contribution in [2.24, 2.45) is 5.92 Å². The van der Waals surface area contributed by atoms with Crippen LogP contribution in [-0.4, -0.2) is 18.6 Å². The number of rotatable bonds is 3. The van der Waals surface area contributed by atoms with Crippen molar-refractivity contribution in [2.45, 2.75) is 57.0 Å². The fraction of sp³-hybridized carbons (Fsp3) is 0.647. The van der Waals surface area contributed by atoms with Crippen LogP contribution < -0.4 is 10.6 Å². The van der Waals surface area contributed by atoms with Gasteiger partial charge in [0.1, 0.15) is 5.82 Å². The van der Waals surface area contributed by atoms with E-state index in [-0.39, 0.29) is 5.82 Å². The molecule has 2 N–H and O–H groups in total. The molecule has 1 aromatic rings. The van der Waals surface area contributed by atoms with Crippen molar-refractivity contribution in [3.8, 4) is 0 Å². The highest BCUT2D eigenvalue weighted by Crippen LogP contribution is 2.34. The number of hydrogen-bond acceptors (Lipinski definition) is 2. The average Bonchev–Trinajstić information content (AvgIpc) is 2.51. The van der Waals surface area contributed by atoms with Gasteiger partial charge in [0.05, 0.1) is 0 Å². The smallest absolute Gasteiger partial charge is 0.124 e. The lowest BCUT2D eigenvalue weighted by Crippen LogP contribution is -2.48. The van der Waals surface area contributed by atoms with Crippen LogP contribution in [-0.2, 0) is 0 Å². The van der Waals surface area contributed by atoms with Crippen LogP contribution in [0, 0.1) is 11.7 Å². The lowest BCUT2D eigenvalue weighted by molar-refractivity contribution is 0.217. The largest absolute Gasteiger partial charge is 0.381 e. The molecular formula is C17H24BrFN2. The van der Waals surface area contributed by atoms with E-state index < -0.39 is 0 Å². The lowest BCUT2D eigenvalue weighted by Gasteiger charge is -2.40. The zero-order chi connectivity index (χ0) is 14.7. The Morgan fingerprint density at radius 2 is 1.90 bits per heavy atom. The van der Waals surface area contributed by atoms with Crippen LogP contribution in [0.4, 0.5) is 10.1 Å². The van der Waals surface area contributed by atoms with Crippen LogP contribution in [0.15, 0.2) is 22.7 Å². The first-order valence-electron chi connectivity index (χ1n) is 8.19. The van der Waals surface area contributed by atoms with Gasteiger partial charge < -0.3 is 10.6 Å². The lowest BCUT2D eigenvalue weighted by atomic mass is 9.77. The zero-order valence-corrected chi connectivity index (χ0v) is 14.0. The predicted molar refractivity (Wildman–Crippen MR) is 89.1 cm³/mol. The first-order chi connectivity index (χ1) is 10.2. The normalized spacial score (nSPS) is 30.1. The van der Waals surface area contributed by atoms with E-state index in [9.17, 15) is 4.39 Å². The molecule has 116 valence electrons. The Balaban J connectivity index is 1.71. The molecule has 3 unspecified atom stereocenters. The second-order valence-electron chi connectivity index (χ2n) is 6.38. The third-order valence-electron chi connectivity index (χ3n) is 4.96. The molecule has 1 saturated heterocycles. The minimum atomic E-state index is -0.193. The molecule has 1 heterocycles. The molecular weight excluding hydrogens is 331 g/mol. The standard InChI is InChI=1S/C17H24BrFN2/c18-14-11-12(19)8-9-17(14)21-16-7-2-1-5-13(16)15-6-3-4-10-20-15/h8-9,11,13,15-16,20-21H,1-7,10H2. The molecule has 1 aromatic carbocycles. The summed E-state index contributed by atoms with van der Waals surface area (Å²) in [6.45, 7) is 1.16. The van der Waals surface area contributed by atoms with Crippen LogP contribution in [0.5, 0.6) is 0 Å². The third kappa shape index (κ3) is 3.78. The highest BCUT2D eigenvalue weighted by molar-refractivity contribution is 9.10. The van der Waals surface area contributed by atoms with Crippen molar-refractivity contribution in [3.05, 3.63) is 28.5 Å². The third-order valence-corrected chi connectivity index (χ3v) is 5.61. The summed E-state index contributed by atoms with van der Waals surface area (Å²) in [6.07, 6.45) is 9.10. The van der Waals surface area contributed by atoms with E-state index in [1.807, 2.05) is 6.07 Å². The summed E-state index contributed by atoms with van der Waals surface area (Å²) in [5.74, 6) is 0.498. The molecule has 0 radical (unpaired) electrons. The average molecular weight is 355 g/mol. The fourth-order valence-corrected chi connectivity index (χ4v) is 4.34. The van der Waals surface area contributed by atoms with Crippen LogP contribution in [0.3, 0.4) is 0 Å². The number of benzene rings is 1. The SMILES string of the molecule is Fc1ccc(NC2CCCCC2C2CCCCN2)c(Br)c1. The topological polar surface area (TPSA) is 24.1 Å². The van der Waals surface area contributed by atoms with E-state index in [2.05, 4.69) is 26.6 Å². The van der Waals surface area contributed by atoms with Crippen LogP contribution in [0.1, 0.15) is 44.9 Å². The van der Waals surface area contributed by atoms with Gasteiger partial charge in [0.2, 0.25) is 0 Å². The molecule has 2 nitrogen and oxygen atoms in total. The molecule has 4 heteroatoms. The van der Waals surface area contributed by atoms with E-state index in [1.54, 1.807) is 6.07 Å². The highest BCUT2D eigenvalue weighted by Gasteiger charge is 2.32. The molecule has 1 aliphatic carbocycles.